The summed E-state index contributed by atoms with van der Waals surface area (Å²) in [4.78, 5) is 10.3. The summed E-state index contributed by atoms with van der Waals surface area (Å²) < 4.78 is 0.875. The standard InChI is InChI=1S/C8H8BrNO/c9-7-4-2-1-3-6(7)8(10)5-11/h1-5,8H,10H2. The molecular weight excluding hydrogens is 206 g/mol. The van der Waals surface area contributed by atoms with E-state index in [0.717, 1.165) is 16.3 Å². The van der Waals surface area contributed by atoms with Gasteiger partial charge in [0.05, 0.1) is 6.04 Å². The molecule has 0 aromatic heterocycles. The molecule has 1 aromatic carbocycles. The average Bonchev–Trinajstić information content (AvgIpc) is 2.04. The van der Waals surface area contributed by atoms with Crippen LogP contribution in [-0.2, 0) is 4.79 Å². The van der Waals surface area contributed by atoms with Crippen molar-refractivity contribution in [3.05, 3.63) is 34.3 Å². The highest BCUT2D eigenvalue weighted by atomic mass is 79.9. The van der Waals surface area contributed by atoms with Gasteiger partial charge >= 0.3 is 0 Å². The molecule has 0 bridgehead atoms. The minimum Gasteiger partial charge on any atom is -0.318 e. The first-order valence-corrected chi connectivity index (χ1v) is 4.00. The zero-order valence-corrected chi connectivity index (χ0v) is 7.41. The SMILES string of the molecule is NC(C=O)c1ccccc1Br. The lowest BCUT2D eigenvalue weighted by atomic mass is 10.1. The van der Waals surface area contributed by atoms with E-state index < -0.39 is 6.04 Å². The molecule has 1 atom stereocenters. The van der Waals surface area contributed by atoms with E-state index in [0.29, 0.717) is 0 Å². The van der Waals surface area contributed by atoms with Gasteiger partial charge in [-0.1, -0.05) is 34.1 Å². The topological polar surface area (TPSA) is 43.1 Å². The summed E-state index contributed by atoms with van der Waals surface area (Å²) in [6.45, 7) is 0. The van der Waals surface area contributed by atoms with Gasteiger partial charge < -0.3 is 10.5 Å². The van der Waals surface area contributed by atoms with E-state index in [9.17, 15) is 4.79 Å². The predicted octanol–water partition coefficient (Wildman–Crippen LogP) is 1.65. The van der Waals surface area contributed by atoms with Gasteiger partial charge in [-0.25, -0.2) is 0 Å². The van der Waals surface area contributed by atoms with Crippen LogP contribution in [0.5, 0.6) is 0 Å². The number of aldehydes is 1. The van der Waals surface area contributed by atoms with E-state index >= 15 is 0 Å². The van der Waals surface area contributed by atoms with Crippen LogP contribution in [0.15, 0.2) is 28.7 Å². The molecule has 0 spiro atoms. The van der Waals surface area contributed by atoms with Crippen LogP contribution in [0, 0.1) is 0 Å². The van der Waals surface area contributed by atoms with Crippen LogP contribution in [0.4, 0.5) is 0 Å². The Morgan fingerprint density at radius 2 is 2.09 bits per heavy atom. The Morgan fingerprint density at radius 3 is 2.64 bits per heavy atom. The van der Waals surface area contributed by atoms with Crippen molar-refractivity contribution in [3.63, 3.8) is 0 Å². The molecule has 1 aromatic rings. The van der Waals surface area contributed by atoms with Gasteiger partial charge in [0.1, 0.15) is 6.29 Å². The van der Waals surface area contributed by atoms with E-state index in [1.807, 2.05) is 24.3 Å². The van der Waals surface area contributed by atoms with E-state index in [4.69, 9.17) is 5.73 Å². The largest absolute Gasteiger partial charge is 0.318 e. The molecule has 2 nitrogen and oxygen atoms in total. The molecular formula is C8H8BrNO. The molecule has 0 saturated heterocycles. The minimum atomic E-state index is -0.523. The molecule has 0 heterocycles. The summed E-state index contributed by atoms with van der Waals surface area (Å²) in [7, 11) is 0. The Balaban J connectivity index is 3.02. The highest BCUT2D eigenvalue weighted by Crippen LogP contribution is 2.19. The number of carbonyl (C=O) groups is 1. The maximum atomic E-state index is 10.3. The second kappa shape index (κ2) is 3.64. The van der Waals surface area contributed by atoms with Crippen molar-refractivity contribution >= 4 is 22.2 Å². The summed E-state index contributed by atoms with van der Waals surface area (Å²) in [6.07, 6.45) is 0.722. The quantitative estimate of drug-likeness (QED) is 0.760. The maximum Gasteiger partial charge on any atom is 0.141 e. The van der Waals surface area contributed by atoms with Crippen LogP contribution in [0.3, 0.4) is 0 Å². The third-order valence-electron chi connectivity index (χ3n) is 1.41. The summed E-state index contributed by atoms with van der Waals surface area (Å²) in [5.41, 5.74) is 6.32. The van der Waals surface area contributed by atoms with Gasteiger partial charge in [0.15, 0.2) is 0 Å². The summed E-state index contributed by atoms with van der Waals surface area (Å²) >= 11 is 3.30. The van der Waals surface area contributed by atoms with Crippen molar-refractivity contribution < 1.29 is 4.79 Å². The lowest BCUT2D eigenvalue weighted by Gasteiger charge is -2.05. The molecule has 11 heavy (non-hydrogen) atoms. The van der Waals surface area contributed by atoms with Gasteiger partial charge in [-0.15, -0.1) is 0 Å². The molecule has 1 unspecified atom stereocenters. The van der Waals surface area contributed by atoms with Gasteiger partial charge in [0.25, 0.3) is 0 Å². The lowest BCUT2D eigenvalue weighted by Crippen LogP contribution is -2.11. The monoisotopic (exact) mass is 213 g/mol. The average molecular weight is 214 g/mol. The van der Waals surface area contributed by atoms with E-state index in [-0.39, 0.29) is 0 Å². The fourth-order valence-corrected chi connectivity index (χ4v) is 1.37. The smallest absolute Gasteiger partial charge is 0.141 e. The number of hydrogen-bond acceptors (Lipinski definition) is 2. The number of carbonyl (C=O) groups excluding carboxylic acids is 1. The second-order valence-corrected chi connectivity index (χ2v) is 3.04. The predicted molar refractivity (Wildman–Crippen MR) is 47.1 cm³/mol. The van der Waals surface area contributed by atoms with E-state index in [1.165, 1.54) is 0 Å². The number of halogens is 1. The highest BCUT2D eigenvalue weighted by Gasteiger charge is 2.05. The fourth-order valence-electron chi connectivity index (χ4n) is 0.819. The Kier molecular flexibility index (Phi) is 2.79. The molecule has 2 N–H and O–H groups in total. The van der Waals surface area contributed by atoms with Gasteiger partial charge in [-0.2, -0.15) is 0 Å². The number of rotatable bonds is 2. The van der Waals surface area contributed by atoms with Crippen LogP contribution in [-0.4, -0.2) is 6.29 Å². The van der Waals surface area contributed by atoms with E-state index in [1.54, 1.807) is 0 Å². The normalized spacial score (nSPS) is 12.5. The van der Waals surface area contributed by atoms with Crippen molar-refractivity contribution in [2.24, 2.45) is 5.73 Å². The molecule has 0 aliphatic heterocycles. The second-order valence-electron chi connectivity index (χ2n) is 2.18. The third kappa shape index (κ3) is 1.88. The number of benzene rings is 1. The maximum absolute atomic E-state index is 10.3. The van der Waals surface area contributed by atoms with E-state index in [2.05, 4.69) is 15.9 Å². The van der Waals surface area contributed by atoms with Crippen LogP contribution in [0.1, 0.15) is 11.6 Å². The molecule has 0 aliphatic carbocycles. The third-order valence-corrected chi connectivity index (χ3v) is 2.13. The lowest BCUT2D eigenvalue weighted by molar-refractivity contribution is -0.109. The highest BCUT2D eigenvalue weighted by molar-refractivity contribution is 9.10. The molecule has 58 valence electrons. The van der Waals surface area contributed by atoms with Crippen molar-refractivity contribution in [2.75, 3.05) is 0 Å². The summed E-state index contributed by atoms with van der Waals surface area (Å²) in [5.74, 6) is 0. The minimum absolute atomic E-state index is 0.523. The van der Waals surface area contributed by atoms with Gasteiger partial charge in [-0.05, 0) is 11.6 Å². The molecule has 0 fully saturated rings. The number of nitrogens with two attached hydrogens (primary N) is 1. The Hall–Kier alpha value is -0.670. The first kappa shape index (κ1) is 8.43. The van der Waals surface area contributed by atoms with Gasteiger partial charge in [0.2, 0.25) is 0 Å². The zero-order chi connectivity index (χ0) is 8.27. The number of hydrogen-bond donors (Lipinski definition) is 1. The molecule has 0 aliphatic rings. The van der Waals surface area contributed by atoms with Crippen molar-refractivity contribution in [1.82, 2.24) is 0 Å². The van der Waals surface area contributed by atoms with Crippen molar-refractivity contribution in [3.8, 4) is 0 Å². The van der Waals surface area contributed by atoms with Crippen LogP contribution in [0.2, 0.25) is 0 Å². The molecule has 1 rings (SSSR count). The fraction of sp³-hybridized carbons (Fsp3) is 0.125. The molecule has 3 heteroatoms. The van der Waals surface area contributed by atoms with Crippen LogP contribution < -0.4 is 5.73 Å². The molecule has 0 radical (unpaired) electrons. The first-order valence-electron chi connectivity index (χ1n) is 3.21. The Morgan fingerprint density at radius 1 is 1.45 bits per heavy atom. The van der Waals surface area contributed by atoms with Gasteiger partial charge in [0, 0.05) is 4.47 Å². The van der Waals surface area contributed by atoms with Crippen LogP contribution in [0.25, 0.3) is 0 Å². The summed E-state index contributed by atoms with van der Waals surface area (Å²) in [6, 6.07) is 6.89. The Bertz CT molecular complexity index is 262. The van der Waals surface area contributed by atoms with Gasteiger partial charge in [-0.3, -0.25) is 0 Å². The van der Waals surface area contributed by atoms with Crippen molar-refractivity contribution in [2.45, 2.75) is 6.04 Å². The zero-order valence-electron chi connectivity index (χ0n) is 5.83. The van der Waals surface area contributed by atoms with Crippen LogP contribution >= 0.6 is 15.9 Å². The molecule has 0 amide bonds. The summed E-state index contributed by atoms with van der Waals surface area (Å²) in [5, 5.41) is 0. The Labute approximate surface area is 73.5 Å². The van der Waals surface area contributed by atoms with Crippen molar-refractivity contribution in [1.29, 1.82) is 0 Å². The first-order chi connectivity index (χ1) is 5.25. The molecule has 0 saturated carbocycles.